The molecule has 3 saturated heterocycles. The minimum atomic E-state index is -0.902. The first-order valence-electron chi connectivity index (χ1n) is 7.72. The average Bonchev–Trinajstić information content (AvgIpc) is 3.08. The monoisotopic (exact) mass is 316 g/mol. The Bertz CT molecular complexity index is 469. The molecule has 1 aliphatic carbocycles. The first kappa shape index (κ1) is 15.3. The minimum Gasteiger partial charge on any atom is -0.368 e. The van der Waals surface area contributed by atoms with Crippen LogP contribution in [0.3, 0.4) is 0 Å². The maximum Gasteiger partial charge on any atom is 0.175 e. The SMILES string of the molecule is COC(OC)[C@H]1[C@H]2C(OC)O[C@@]3(C)O[C@@]4(C)OC(O)[C@@H]1[C@@H]4[C@@H]23. The summed E-state index contributed by atoms with van der Waals surface area (Å²) in [6.07, 6.45) is -1.76. The number of aliphatic hydroxyl groups is 1. The minimum absolute atomic E-state index is 0.0234. The highest BCUT2D eigenvalue weighted by molar-refractivity contribution is 5.17. The zero-order valence-electron chi connectivity index (χ0n) is 13.5. The molecule has 0 aromatic carbocycles. The van der Waals surface area contributed by atoms with E-state index in [1.165, 1.54) is 0 Å². The van der Waals surface area contributed by atoms with E-state index in [1.54, 1.807) is 21.3 Å². The maximum atomic E-state index is 10.5. The Kier molecular flexibility index (Phi) is 3.21. The van der Waals surface area contributed by atoms with E-state index in [0.717, 1.165) is 0 Å². The highest BCUT2D eigenvalue weighted by Crippen LogP contribution is 2.71. The summed E-state index contributed by atoms with van der Waals surface area (Å²) in [7, 11) is 4.84. The van der Waals surface area contributed by atoms with Gasteiger partial charge in [0.15, 0.2) is 30.4 Å². The number of hydrogen-bond donors (Lipinski definition) is 1. The van der Waals surface area contributed by atoms with E-state index in [1.807, 2.05) is 13.8 Å². The van der Waals surface area contributed by atoms with Gasteiger partial charge in [0.05, 0.1) is 0 Å². The van der Waals surface area contributed by atoms with Gasteiger partial charge >= 0.3 is 0 Å². The van der Waals surface area contributed by atoms with Crippen molar-refractivity contribution >= 4 is 0 Å². The third-order valence-electron chi connectivity index (χ3n) is 6.08. The summed E-state index contributed by atoms with van der Waals surface area (Å²) in [6.45, 7) is 3.81. The Morgan fingerprint density at radius 2 is 1.55 bits per heavy atom. The van der Waals surface area contributed by atoms with Crippen LogP contribution in [0.4, 0.5) is 0 Å². The number of ether oxygens (including phenoxy) is 6. The molecule has 0 aromatic rings. The third kappa shape index (κ3) is 1.60. The molecule has 1 N–H and O–H groups in total. The topological polar surface area (TPSA) is 75.6 Å². The van der Waals surface area contributed by atoms with Crippen molar-refractivity contribution < 1.29 is 33.5 Å². The summed E-state index contributed by atoms with van der Waals surface area (Å²) >= 11 is 0. The zero-order chi connectivity index (χ0) is 15.9. The number of aliphatic hydroxyl groups excluding tert-OH is 1. The second-order valence-corrected chi connectivity index (χ2v) is 6.99. The van der Waals surface area contributed by atoms with Gasteiger partial charge in [0, 0.05) is 50.9 Å². The molecule has 4 rings (SSSR count). The van der Waals surface area contributed by atoms with Gasteiger partial charge < -0.3 is 33.5 Å². The standard InChI is InChI=1S/C15H24O7/c1-14-9-7(11(16)20-14)6(12(17-3)18-4)8-10(9)15(2,22-14)21-13(8)19-5/h6-13,16H,1-5H3/t6-,7+,8-,9-,10-,11?,13?,14-,15+/m1/s1. The molecule has 3 heterocycles. The fourth-order valence-electron chi connectivity index (χ4n) is 5.63. The molecule has 0 amide bonds. The van der Waals surface area contributed by atoms with Gasteiger partial charge in [0.1, 0.15) is 0 Å². The third-order valence-corrected chi connectivity index (χ3v) is 6.08. The summed E-state index contributed by atoms with van der Waals surface area (Å²) in [5, 5.41) is 10.5. The molecule has 0 radical (unpaired) electrons. The molecule has 0 spiro atoms. The summed E-state index contributed by atoms with van der Waals surface area (Å²) in [6, 6.07) is 0. The Labute approximate surface area is 129 Å². The fourth-order valence-corrected chi connectivity index (χ4v) is 5.63. The van der Waals surface area contributed by atoms with Gasteiger partial charge in [-0.1, -0.05) is 0 Å². The van der Waals surface area contributed by atoms with Crippen LogP contribution >= 0.6 is 0 Å². The Hall–Kier alpha value is -0.280. The van der Waals surface area contributed by atoms with Crippen molar-refractivity contribution in [2.45, 2.75) is 44.3 Å². The van der Waals surface area contributed by atoms with Gasteiger partial charge in [-0.05, 0) is 13.8 Å². The van der Waals surface area contributed by atoms with Gasteiger partial charge in [-0.2, -0.15) is 0 Å². The lowest BCUT2D eigenvalue weighted by molar-refractivity contribution is -0.346. The lowest BCUT2D eigenvalue weighted by atomic mass is 9.83. The van der Waals surface area contributed by atoms with Crippen molar-refractivity contribution in [1.82, 2.24) is 0 Å². The van der Waals surface area contributed by atoms with E-state index in [9.17, 15) is 5.11 Å². The molecule has 126 valence electrons. The van der Waals surface area contributed by atoms with Gasteiger partial charge in [-0.25, -0.2) is 0 Å². The van der Waals surface area contributed by atoms with Crippen LogP contribution in [0.5, 0.6) is 0 Å². The van der Waals surface area contributed by atoms with Gasteiger partial charge in [0.25, 0.3) is 0 Å². The van der Waals surface area contributed by atoms with Crippen LogP contribution in [0.15, 0.2) is 0 Å². The second-order valence-electron chi connectivity index (χ2n) is 6.99. The second kappa shape index (κ2) is 4.63. The normalized spacial score (nSPS) is 58.8. The van der Waals surface area contributed by atoms with E-state index >= 15 is 0 Å². The Morgan fingerprint density at radius 3 is 2.14 bits per heavy atom. The predicted molar refractivity (Wildman–Crippen MR) is 72.1 cm³/mol. The Morgan fingerprint density at radius 1 is 0.955 bits per heavy atom. The lowest BCUT2D eigenvalue weighted by Gasteiger charge is -2.33. The van der Waals surface area contributed by atoms with Crippen molar-refractivity contribution in [3.8, 4) is 0 Å². The van der Waals surface area contributed by atoms with Crippen molar-refractivity contribution in [3.05, 3.63) is 0 Å². The molecule has 2 unspecified atom stereocenters. The van der Waals surface area contributed by atoms with E-state index in [-0.39, 0.29) is 29.6 Å². The number of methoxy groups -OCH3 is 3. The molecule has 7 heteroatoms. The van der Waals surface area contributed by atoms with E-state index in [2.05, 4.69) is 0 Å². The first-order chi connectivity index (χ1) is 10.4. The van der Waals surface area contributed by atoms with Gasteiger partial charge in [-0.15, -0.1) is 0 Å². The lowest BCUT2D eigenvalue weighted by Crippen LogP contribution is -2.41. The first-order valence-corrected chi connectivity index (χ1v) is 7.72. The Balaban J connectivity index is 1.81. The predicted octanol–water partition coefficient (Wildman–Crippen LogP) is 0.514. The van der Waals surface area contributed by atoms with Crippen molar-refractivity contribution in [2.75, 3.05) is 21.3 Å². The van der Waals surface area contributed by atoms with Crippen LogP contribution in [0.2, 0.25) is 0 Å². The van der Waals surface area contributed by atoms with E-state index in [4.69, 9.17) is 28.4 Å². The number of hydrogen-bond acceptors (Lipinski definition) is 7. The van der Waals surface area contributed by atoms with Crippen LogP contribution in [0.25, 0.3) is 0 Å². The summed E-state index contributed by atoms with van der Waals surface area (Å²) in [5.74, 6) is -1.72. The highest BCUT2D eigenvalue weighted by Gasteiger charge is 2.80. The molecular formula is C15H24O7. The summed E-state index contributed by atoms with van der Waals surface area (Å²) in [5.41, 5.74) is 0. The average molecular weight is 316 g/mol. The number of rotatable bonds is 4. The van der Waals surface area contributed by atoms with Crippen molar-refractivity contribution in [2.24, 2.45) is 29.6 Å². The van der Waals surface area contributed by atoms with Crippen molar-refractivity contribution in [1.29, 1.82) is 0 Å². The quantitative estimate of drug-likeness (QED) is 0.758. The van der Waals surface area contributed by atoms with Gasteiger partial charge in [-0.3, -0.25) is 0 Å². The van der Waals surface area contributed by atoms with Crippen LogP contribution in [-0.4, -0.2) is 56.9 Å². The van der Waals surface area contributed by atoms with E-state index in [0.29, 0.717) is 0 Å². The molecular weight excluding hydrogens is 292 g/mol. The molecule has 4 fully saturated rings. The highest BCUT2D eigenvalue weighted by atomic mass is 16.8. The smallest absolute Gasteiger partial charge is 0.175 e. The fraction of sp³-hybridized carbons (Fsp3) is 1.00. The van der Waals surface area contributed by atoms with E-state index < -0.39 is 30.4 Å². The van der Waals surface area contributed by atoms with Gasteiger partial charge in [0.2, 0.25) is 0 Å². The molecule has 1 saturated carbocycles. The largest absolute Gasteiger partial charge is 0.368 e. The molecule has 9 atom stereocenters. The molecule has 22 heavy (non-hydrogen) atoms. The molecule has 7 nitrogen and oxygen atoms in total. The maximum absolute atomic E-state index is 10.5. The molecule has 0 bridgehead atoms. The summed E-state index contributed by atoms with van der Waals surface area (Å²) < 4.78 is 34.5. The van der Waals surface area contributed by atoms with Crippen LogP contribution in [0.1, 0.15) is 13.8 Å². The molecule has 4 aliphatic rings. The van der Waals surface area contributed by atoms with Crippen LogP contribution in [0, 0.1) is 29.6 Å². The summed E-state index contributed by atoms with van der Waals surface area (Å²) in [4.78, 5) is 0. The molecule has 3 aliphatic heterocycles. The zero-order valence-corrected chi connectivity index (χ0v) is 13.5. The van der Waals surface area contributed by atoms with Crippen LogP contribution < -0.4 is 0 Å². The van der Waals surface area contributed by atoms with Crippen LogP contribution in [-0.2, 0) is 28.4 Å². The van der Waals surface area contributed by atoms with Crippen molar-refractivity contribution in [3.63, 3.8) is 0 Å². The molecule has 0 aromatic heterocycles.